The van der Waals surface area contributed by atoms with Gasteiger partial charge in [-0.15, -0.1) is 0 Å². The Hall–Kier alpha value is -1.14. The van der Waals surface area contributed by atoms with Crippen LogP contribution < -0.4 is 5.32 Å². The molecule has 0 aromatic heterocycles. The Kier molecular flexibility index (Phi) is 5.58. The lowest BCUT2D eigenvalue weighted by Gasteiger charge is -2.34. The standard InChI is InChI=1S/C15H28N4O2/c1-4-18-7-9-19(10-8-18)15(21)13-11-12(13)14(20)16-5-6-17(2)3/h12-13H,4-11H2,1-3H3,(H,16,20). The van der Waals surface area contributed by atoms with E-state index in [0.29, 0.717) is 6.54 Å². The van der Waals surface area contributed by atoms with Gasteiger partial charge in [0, 0.05) is 39.3 Å². The molecule has 2 rings (SSSR count). The summed E-state index contributed by atoms with van der Waals surface area (Å²) in [6.07, 6.45) is 0.723. The lowest BCUT2D eigenvalue weighted by molar-refractivity contribution is -0.136. The molecule has 2 amide bonds. The fourth-order valence-electron chi connectivity index (χ4n) is 2.81. The van der Waals surface area contributed by atoms with E-state index in [2.05, 4.69) is 17.1 Å². The highest BCUT2D eigenvalue weighted by Gasteiger charge is 2.49. The zero-order valence-corrected chi connectivity index (χ0v) is 13.5. The summed E-state index contributed by atoms with van der Waals surface area (Å²) in [5.41, 5.74) is 0. The average Bonchev–Trinajstić information content (AvgIpc) is 3.26. The number of rotatable bonds is 6. The van der Waals surface area contributed by atoms with E-state index in [1.807, 2.05) is 23.9 Å². The van der Waals surface area contributed by atoms with Crippen molar-refractivity contribution in [3.8, 4) is 0 Å². The summed E-state index contributed by atoms with van der Waals surface area (Å²) in [7, 11) is 3.96. The lowest BCUT2D eigenvalue weighted by Crippen LogP contribution is -2.49. The van der Waals surface area contributed by atoms with Crippen LogP contribution >= 0.6 is 0 Å². The Morgan fingerprint density at radius 1 is 1.14 bits per heavy atom. The number of carbonyl (C=O) groups excluding carboxylic acids is 2. The van der Waals surface area contributed by atoms with E-state index in [4.69, 9.17) is 0 Å². The highest BCUT2D eigenvalue weighted by Crippen LogP contribution is 2.40. The van der Waals surface area contributed by atoms with Crippen LogP contribution in [0, 0.1) is 11.8 Å². The molecule has 0 aromatic carbocycles. The van der Waals surface area contributed by atoms with Gasteiger partial charge in [-0.1, -0.05) is 6.92 Å². The van der Waals surface area contributed by atoms with E-state index < -0.39 is 0 Å². The lowest BCUT2D eigenvalue weighted by atomic mass is 10.2. The van der Waals surface area contributed by atoms with E-state index in [1.54, 1.807) is 0 Å². The molecule has 2 aliphatic rings. The van der Waals surface area contributed by atoms with Crippen LogP contribution in [-0.2, 0) is 9.59 Å². The topological polar surface area (TPSA) is 55.9 Å². The molecule has 120 valence electrons. The van der Waals surface area contributed by atoms with E-state index >= 15 is 0 Å². The van der Waals surface area contributed by atoms with Gasteiger partial charge in [-0.2, -0.15) is 0 Å². The molecule has 21 heavy (non-hydrogen) atoms. The molecular weight excluding hydrogens is 268 g/mol. The highest BCUT2D eigenvalue weighted by molar-refractivity contribution is 5.92. The molecule has 2 fully saturated rings. The van der Waals surface area contributed by atoms with Gasteiger partial charge in [0.15, 0.2) is 0 Å². The summed E-state index contributed by atoms with van der Waals surface area (Å²) in [5, 5.41) is 2.92. The second kappa shape index (κ2) is 7.22. The predicted octanol–water partition coefficient (Wildman–Crippen LogP) is -0.536. The molecule has 1 saturated carbocycles. The zero-order chi connectivity index (χ0) is 15.4. The van der Waals surface area contributed by atoms with Crippen molar-refractivity contribution in [1.82, 2.24) is 20.0 Å². The van der Waals surface area contributed by atoms with Crippen LogP contribution in [0.2, 0.25) is 0 Å². The van der Waals surface area contributed by atoms with E-state index in [9.17, 15) is 9.59 Å². The number of amides is 2. The SMILES string of the molecule is CCN1CCN(C(=O)C2CC2C(=O)NCCN(C)C)CC1. The summed E-state index contributed by atoms with van der Waals surface area (Å²) in [4.78, 5) is 30.7. The van der Waals surface area contributed by atoms with Crippen molar-refractivity contribution in [3.05, 3.63) is 0 Å². The summed E-state index contributed by atoms with van der Waals surface area (Å²) < 4.78 is 0. The van der Waals surface area contributed by atoms with Gasteiger partial charge in [0.05, 0.1) is 11.8 Å². The Balaban J connectivity index is 1.70. The predicted molar refractivity (Wildman–Crippen MR) is 81.9 cm³/mol. The van der Waals surface area contributed by atoms with Crippen molar-refractivity contribution >= 4 is 11.8 Å². The van der Waals surface area contributed by atoms with Crippen LogP contribution in [0.4, 0.5) is 0 Å². The first-order chi connectivity index (χ1) is 10.0. The van der Waals surface area contributed by atoms with E-state index in [-0.39, 0.29) is 23.7 Å². The molecular formula is C15H28N4O2. The fourth-order valence-corrected chi connectivity index (χ4v) is 2.81. The van der Waals surface area contributed by atoms with Gasteiger partial charge < -0.3 is 20.0 Å². The Morgan fingerprint density at radius 3 is 2.38 bits per heavy atom. The zero-order valence-electron chi connectivity index (χ0n) is 13.5. The van der Waals surface area contributed by atoms with Crippen LogP contribution in [-0.4, -0.2) is 86.4 Å². The van der Waals surface area contributed by atoms with E-state index in [0.717, 1.165) is 45.7 Å². The summed E-state index contributed by atoms with van der Waals surface area (Å²) >= 11 is 0. The normalized spacial score (nSPS) is 26.0. The highest BCUT2D eigenvalue weighted by atomic mass is 16.2. The molecule has 0 spiro atoms. The number of hydrogen-bond donors (Lipinski definition) is 1. The van der Waals surface area contributed by atoms with Crippen molar-refractivity contribution in [2.75, 3.05) is 59.9 Å². The van der Waals surface area contributed by atoms with Gasteiger partial charge in [0.2, 0.25) is 11.8 Å². The first-order valence-electron chi connectivity index (χ1n) is 7.96. The third-order valence-electron chi connectivity index (χ3n) is 4.43. The van der Waals surface area contributed by atoms with Gasteiger partial charge in [-0.25, -0.2) is 0 Å². The average molecular weight is 296 g/mol. The molecule has 1 saturated heterocycles. The van der Waals surface area contributed by atoms with Crippen molar-refractivity contribution in [1.29, 1.82) is 0 Å². The Morgan fingerprint density at radius 2 is 1.81 bits per heavy atom. The minimum atomic E-state index is -0.0936. The smallest absolute Gasteiger partial charge is 0.226 e. The number of nitrogens with one attached hydrogen (secondary N) is 1. The second-order valence-corrected chi connectivity index (χ2v) is 6.30. The molecule has 6 nitrogen and oxygen atoms in total. The Bertz CT molecular complexity index is 378. The molecule has 1 aliphatic heterocycles. The quantitative estimate of drug-likeness (QED) is 0.715. The molecule has 1 heterocycles. The monoisotopic (exact) mass is 296 g/mol. The van der Waals surface area contributed by atoms with Gasteiger partial charge >= 0.3 is 0 Å². The van der Waals surface area contributed by atoms with Crippen molar-refractivity contribution in [2.45, 2.75) is 13.3 Å². The van der Waals surface area contributed by atoms with Crippen LogP contribution in [0.1, 0.15) is 13.3 Å². The fraction of sp³-hybridized carbons (Fsp3) is 0.867. The second-order valence-electron chi connectivity index (χ2n) is 6.30. The van der Waals surface area contributed by atoms with Gasteiger partial charge in [0.1, 0.15) is 0 Å². The third-order valence-corrected chi connectivity index (χ3v) is 4.43. The molecule has 2 atom stereocenters. The van der Waals surface area contributed by atoms with Gasteiger partial charge in [0.25, 0.3) is 0 Å². The molecule has 0 radical (unpaired) electrons. The summed E-state index contributed by atoms with van der Waals surface area (Å²) in [6.45, 7) is 8.18. The maximum absolute atomic E-state index is 12.4. The van der Waals surface area contributed by atoms with Crippen LogP contribution in [0.3, 0.4) is 0 Å². The molecule has 1 aliphatic carbocycles. The third kappa shape index (κ3) is 4.41. The van der Waals surface area contributed by atoms with Crippen LogP contribution in [0.5, 0.6) is 0 Å². The largest absolute Gasteiger partial charge is 0.355 e. The van der Waals surface area contributed by atoms with Crippen molar-refractivity contribution < 1.29 is 9.59 Å². The van der Waals surface area contributed by atoms with Crippen LogP contribution in [0.25, 0.3) is 0 Å². The number of hydrogen-bond acceptors (Lipinski definition) is 4. The molecule has 2 unspecified atom stereocenters. The van der Waals surface area contributed by atoms with Gasteiger partial charge in [-0.05, 0) is 27.1 Å². The summed E-state index contributed by atoms with van der Waals surface area (Å²) in [5.74, 6) is 0.0577. The summed E-state index contributed by atoms with van der Waals surface area (Å²) in [6, 6.07) is 0. The number of carbonyl (C=O) groups is 2. The van der Waals surface area contributed by atoms with Crippen LogP contribution in [0.15, 0.2) is 0 Å². The van der Waals surface area contributed by atoms with Crippen molar-refractivity contribution in [3.63, 3.8) is 0 Å². The minimum absolute atomic E-state index is 0.0439. The maximum Gasteiger partial charge on any atom is 0.226 e. The molecule has 1 N–H and O–H groups in total. The Labute approximate surface area is 127 Å². The van der Waals surface area contributed by atoms with Crippen molar-refractivity contribution in [2.24, 2.45) is 11.8 Å². The number of piperazine rings is 1. The van der Waals surface area contributed by atoms with Gasteiger partial charge in [-0.3, -0.25) is 9.59 Å². The minimum Gasteiger partial charge on any atom is -0.355 e. The van der Waals surface area contributed by atoms with E-state index in [1.165, 1.54) is 0 Å². The molecule has 0 bridgehead atoms. The molecule has 6 heteroatoms. The molecule has 0 aromatic rings. The first-order valence-corrected chi connectivity index (χ1v) is 7.96. The maximum atomic E-state index is 12.4. The number of likely N-dealkylation sites (N-methyl/N-ethyl adjacent to an activating group) is 2. The first kappa shape index (κ1) is 16.2. The number of nitrogens with zero attached hydrogens (tertiary/aromatic N) is 3.